The molecule has 0 saturated heterocycles. The molecule has 0 amide bonds. The van der Waals surface area contributed by atoms with E-state index >= 15 is 0 Å². The van der Waals surface area contributed by atoms with E-state index in [1.54, 1.807) is 4.52 Å². The number of imidazole rings is 1. The molecule has 2 aromatic heterocycles. The Morgan fingerprint density at radius 2 is 2.15 bits per heavy atom. The van der Waals surface area contributed by atoms with Crippen molar-refractivity contribution in [2.45, 2.75) is 6.54 Å². The molecule has 0 aliphatic heterocycles. The minimum atomic E-state index is 0.417. The van der Waals surface area contributed by atoms with Gasteiger partial charge >= 0.3 is 0 Å². The van der Waals surface area contributed by atoms with Crippen molar-refractivity contribution in [1.29, 1.82) is 0 Å². The van der Waals surface area contributed by atoms with Crippen LogP contribution in [0, 0.1) is 0 Å². The van der Waals surface area contributed by atoms with Gasteiger partial charge in [0, 0.05) is 23.8 Å². The van der Waals surface area contributed by atoms with E-state index in [-0.39, 0.29) is 0 Å². The van der Waals surface area contributed by atoms with Gasteiger partial charge in [-0.1, -0.05) is 22.0 Å². The largest absolute Gasteiger partial charge is 0.328 e. The molecule has 0 spiro atoms. The molecule has 2 N–H and O–H groups in total. The normalized spacial score (nSPS) is 10.9. The Bertz CT molecular complexity index is 752. The maximum atomic E-state index is 5.60. The molecule has 20 heavy (non-hydrogen) atoms. The molecule has 0 aliphatic carbocycles. The summed E-state index contributed by atoms with van der Waals surface area (Å²) in [5, 5.41) is 4.56. The van der Waals surface area contributed by atoms with Crippen LogP contribution in [0.1, 0.15) is 5.69 Å². The van der Waals surface area contributed by atoms with Crippen molar-refractivity contribution in [3.05, 3.63) is 52.8 Å². The summed E-state index contributed by atoms with van der Waals surface area (Å²) in [6.07, 6.45) is 1.85. The smallest absolute Gasteiger partial charge is 0.153 e. The molecule has 0 atom stereocenters. The van der Waals surface area contributed by atoms with Crippen LogP contribution in [0.15, 0.2) is 47.1 Å². The van der Waals surface area contributed by atoms with Gasteiger partial charge in [0.25, 0.3) is 0 Å². The Morgan fingerprint density at radius 3 is 2.90 bits per heavy atom. The van der Waals surface area contributed by atoms with Crippen molar-refractivity contribution < 1.29 is 0 Å². The Labute approximate surface area is 125 Å². The zero-order valence-electron chi connectivity index (χ0n) is 11.0. The van der Waals surface area contributed by atoms with Crippen molar-refractivity contribution in [1.82, 2.24) is 14.6 Å². The number of benzene rings is 1. The number of halogens is 1. The van der Waals surface area contributed by atoms with E-state index in [0.717, 1.165) is 27.3 Å². The van der Waals surface area contributed by atoms with E-state index in [1.165, 1.54) is 0 Å². The summed E-state index contributed by atoms with van der Waals surface area (Å²) in [5.74, 6) is 0.844. The molecule has 2 heterocycles. The summed E-state index contributed by atoms with van der Waals surface area (Å²) < 4.78 is 2.79. The second-order valence-electron chi connectivity index (χ2n) is 4.47. The summed E-state index contributed by atoms with van der Waals surface area (Å²) in [7, 11) is 1.98. The van der Waals surface area contributed by atoms with Crippen LogP contribution in [-0.4, -0.2) is 21.6 Å². The van der Waals surface area contributed by atoms with Crippen molar-refractivity contribution in [3.8, 4) is 0 Å². The molecule has 0 radical (unpaired) electrons. The molecule has 6 heteroatoms. The van der Waals surface area contributed by atoms with Gasteiger partial charge in [-0.3, -0.25) is 0 Å². The van der Waals surface area contributed by atoms with Crippen LogP contribution in [0.4, 0.5) is 11.5 Å². The highest BCUT2D eigenvalue weighted by molar-refractivity contribution is 9.10. The number of nitrogens with zero attached hydrogens (tertiary/aromatic N) is 4. The SMILES string of the molecule is CN(c1cccc(Br)c1)c1ccc2nc(CN)cn2n1. The van der Waals surface area contributed by atoms with Crippen LogP contribution in [-0.2, 0) is 6.54 Å². The first-order chi connectivity index (χ1) is 9.67. The Kier molecular flexibility index (Phi) is 3.42. The van der Waals surface area contributed by atoms with E-state index in [1.807, 2.05) is 54.5 Å². The summed E-state index contributed by atoms with van der Waals surface area (Å²) in [6.45, 7) is 0.417. The number of hydrogen-bond donors (Lipinski definition) is 1. The van der Waals surface area contributed by atoms with E-state index < -0.39 is 0 Å². The van der Waals surface area contributed by atoms with Gasteiger partial charge < -0.3 is 10.6 Å². The molecule has 102 valence electrons. The maximum Gasteiger partial charge on any atom is 0.153 e. The van der Waals surface area contributed by atoms with Crippen molar-refractivity contribution in [2.75, 3.05) is 11.9 Å². The lowest BCUT2D eigenvalue weighted by molar-refractivity contribution is 0.909. The zero-order valence-corrected chi connectivity index (χ0v) is 12.6. The van der Waals surface area contributed by atoms with Crippen LogP contribution in [0.2, 0.25) is 0 Å². The first kappa shape index (κ1) is 13.1. The third-order valence-electron chi connectivity index (χ3n) is 3.10. The minimum absolute atomic E-state index is 0.417. The number of aromatic nitrogens is 3. The van der Waals surface area contributed by atoms with Gasteiger partial charge in [0.1, 0.15) is 0 Å². The first-order valence-corrected chi connectivity index (χ1v) is 7.01. The number of anilines is 2. The number of rotatable bonds is 3. The van der Waals surface area contributed by atoms with Crippen molar-refractivity contribution in [2.24, 2.45) is 5.73 Å². The molecule has 0 fully saturated rings. The molecular weight excluding hydrogens is 318 g/mol. The van der Waals surface area contributed by atoms with E-state index in [9.17, 15) is 0 Å². The Morgan fingerprint density at radius 1 is 1.30 bits per heavy atom. The standard InChI is InChI=1S/C14H14BrN5/c1-19(12-4-2-3-10(15)7-12)14-6-5-13-17-11(8-16)9-20(13)18-14/h2-7,9H,8,16H2,1H3. The van der Waals surface area contributed by atoms with Gasteiger partial charge in [-0.05, 0) is 30.3 Å². The van der Waals surface area contributed by atoms with Gasteiger partial charge in [0.15, 0.2) is 11.5 Å². The van der Waals surface area contributed by atoms with Gasteiger partial charge in [-0.2, -0.15) is 0 Å². The summed E-state index contributed by atoms with van der Waals surface area (Å²) >= 11 is 3.48. The number of nitrogens with two attached hydrogens (primary N) is 1. The van der Waals surface area contributed by atoms with Crippen molar-refractivity contribution >= 4 is 33.1 Å². The minimum Gasteiger partial charge on any atom is -0.328 e. The van der Waals surface area contributed by atoms with E-state index in [2.05, 4.69) is 26.0 Å². The predicted molar refractivity (Wildman–Crippen MR) is 83.1 cm³/mol. The van der Waals surface area contributed by atoms with Crippen LogP contribution >= 0.6 is 15.9 Å². The highest BCUT2D eigenvalue weighted by Crippen LogP contribution is 2.24. The molecule has 5 nitrogen and oxygen atoms in total. The first-order valence-electron chi connectivity index (χ1n) is 6.22. The highest BCUT2D eigenvalue weighted by Gasteiger charge is 2.08. The van der Waals surface area contributed by atoms with Crippen molar-refractivity contribution in [3.63, 3.8) is 0 Å². The van der Waals surface area contributed by atoms with E-state index in [0.29, 0.717) is 6.54 Å². The average molecular weight is 332 g/mol. The van der Waals surface area contributed by atoms with Gasteiger partial charge in [0.05, 0.1) is 11.9 Å². The average Bonchev–Trinajstić information content (AvgIpc) is 2.88. The molecule has 1 aromatic carbocycles. The molecule has 3 aromatic rings. The molecular formula is C14H14BrN5. The second-order valence-corrected chi connectivity index (χ2v) is 5.39. The molecule has 0 bridgehead atoms. The van der Waals surface area contributed by atoms with Crippen LogP contribution in [0.25, 0.3) is 5.65 Å². The topological polar surface area (TPSA) is 59.5 Å². The predicted octanol–water partition coefficient (Wildman–Crippen LogP) is 2.72. The maximum absolute atomic E-state index is 5.60. The third kappa shape index (κ3) is 2.39. The fraction of sp³-hybridized carbons (Fsp3) is 0.143. The number of fused-ring (bicyclic) bond motifs is 1. The monoisotopic (exact) mass is 331 g/mol. The van der Waals surface area contributed by atoms with Crippen LogP contribution in [0.3, 0.4) is 0 Å². The van der Waals surface area contributed by atoms with Crippen LogP contribution in [0.5, 0.6) is 0 Å². The second kappa shape index (κ2) is 5.22. The fourth-order valence-electron chi connectivity index (χ4n) is 2.02. The molecule has 0 unspecified atom stereocenters. The Hall–Kier alpha value is -1.92. The Balaban J connectivity index is 2.00. The number of hydrogen-bond acceptors (Lipinski definition) is 4. The van der Waals surface area contributed by atoms with Gasteiger partial charge in [-0.25, -0.2) is 9.50 Å². The lowest BCUT2D eigenvalue weighted by Gasteiger charge is -2.18. The third-order valence-corrected chi connectivity index (χ3v) is 3.60. The molecule has 0 saturated carbocycles. The molecule has 0 aliphatic rings. The summed E-state index contributed by atoms with van der Waals surface area (Å²) in [5.41, 5.74) is 8.30. The summed E-state index contributed by atoms with van der Waals surface area (Å²) in [4.78, 5) is 6.39. The van der Waals surface area contributed by atoms with E-state index in [4.69, 9.17) is 5.73 Å². The lowest BCUT2D eigenvalue weighted by atomic mass is 10.3. The summed E-state index contributed by atoms with van der Waals surface area (Å²) in [6, 6.07) is 12.0. The fourth-order valence-corrected chi connectivity index (χ4v) is 2.40. The van der Waals surface area contributed by atoms with Gasteiger partial charge in [-0.15, -0.1) is 5.10 Å². The zero-order chi connectivity index (χ0) is 14.1. The molecule has 3 rings (SSSR count). The van der Waals surface area contributed by atoms with Crippen LogP contribution < -0.4 is 10.6 Å². The highest BCUT2D eigenvalue weighted by atomic mass is 79.9. The van der Waals surface area contributed by atoms with Gasteiger partial charge in [0.2, 0.25) is 0 Å². The quantitative estimate of drug-likeness (QED) is 0.801. The lowest BCUT2D eigenvalue weighted by Crippen LogP contribution is -2.12.